The summed E-state index contributed by atoms with van der Waals surface area (Å²) < 4.78 is 28.1. The number of nitrogens with zero attached hydrogens (tertiary/aromatic N) is 2. The van der Waals surface area contributed by atoms with Crippen molar-refractivity contribution in [2.75, 3.05) is 6.54 Å². The van der Waals surface area contributed by atoms with Gasteiger partial charge in [0.1, 0.15) is 5.82 Å². The predicted molar refractivity (Wildman–Crippen MR) is 66.6 cm³/mol. The van der Waals surface area contributed by atoms with Gasteiger partial charge in [-0.1, -0.05) is 0 Å². The SMILES string of the molecule is CCn1cc(S(=O)(=O)NCC(O)C2CC2)nc1C. The number of aromatic nitrogens is 2. The zero-order chi connectivity index (χ0) is 13.3. The van der Waals surface area contributed by atoms with E-state index in [4.69, 9.17) is 0 Å². The van der Waals surface area contributed by atoms with Gasteiger partial charge in [0.2, 0.25) is 0 Å². The number of nitrogens with one attached hydrogen (secondary N) is 1. The molecule has 2 rings (SSSR count). The first-order chi connectivity index (χ1) is 8.44. The van der Waals surface area contributed by atoms with Gasteiger partial charge in [0.05, 0.1) is 6.10 Å². The molecule has 0 spiro atoms. The molecular formula is C11H19N3O3S. The number of hydrogen-bond donors (Lipinski definition) is 2. The molecule has 1 aromatic heterocycles. The molecule has 0 aromatic carbocycles. The second-order valence-electron chi connectivity index (χ2n) is 4.67. The van der Waals surface area contributed by atoms with Crippen LogP contribution in [0.1, 0.15) is 25.6 Å². The standard InChI is InChI=1S/C11H19N3O3S/c1-3-14-7-11(13-8(14)2)18(16,17)12-6-10(15)9-4-5-9/h7,9-10,12,15H,3-6H2,1-2H3. The van der Waals surface area contributed by atoms with Gasteiger partial charge in [-0.3, -0.25) is 0 Å². The Hall–Kier alpha value is -0.920. The van der Waals surface area contributed by atoms with Crippen molar-refractivity contribution in [3.63, 3.8) is 0 Å². The van der Waals surface area contributed by atoms with Crippen molar-refractivity contribution >= 4 is 10.0 Å². The topological polar surface area (TPSA) is 84.2 Å². The normalized spacial score (nSPS) is 17.9. The van der Waals surface area contributed by atoms with Crippen LogP contribution in [0.5, 0.6) is 0 Å². The Kier molecular flexibility index (Phi) is 3.74. The van der Waals surface area contributed by atoms with Crippen LogP contribution < -0.4 is 4.72 Å². The highest BCUT2D eigenvalue weighted by Gasteiger charge is 2.31. The fraction of sp³-hybridized carbons (Fsp3) is 0.727. The van der Waals surface area contributed by atoms with Crippen molar-refractivity contribution in [3.8, 4) is 0 Å². The van der Waals surface area contributed by atoms with Crippen LogP contribution in [0.25, 0.3) is 0 Å². The molecule has 1 fully saturated rings. The van der Waals surface area contributed by atoms with Crippen LogP contribution in [-0.4, -0.2) is 35.7 Å². The lowest BCUT2D eigenvalue weighted by atomic mass is 10.2. The fourth-order valence-electron chi connectivity index (χ4n) is 1.85. The maximum absolute atomic E-state index is 12.0. The Labute approximate surface area is 107 Å². The highest BCUT2D eigenvalue weighted by Crippen LogP contribution is 2.32. The molecule has 1 aliphatic carbocycles. The number of rotatable bonds is 6. The molecule has 0 amide bonds. The summed E-state index contributed by atoms with van der Waals surface area (Å²) in [5, 5.41) is 9.67. The minimum atomic E-state index is -3.61. The molecule has 1 saturated carbocycles. The van der Waals surface area contributed by atoms with Gasteiger partial charge in [-0.05, 0) is 32.6 Å². The molecule has 0 saturated heterocycles. The number of aliphatic hydroxyl groups excluding tert-OH is 1. The molecular weight excluding hydrogens is 254 g/mol. The van der Waals surface area contributed by atoms with Gasteiger partial charge in [0.15, 0.2) is 5.03 Å². The Bertz CT molecular complexity index is 520. The summed E-state index contributed by atoms with van der Waals surface area (Å²) in [4.78, 5) is 4.02. The lowest BCUT2D eigenvalue weighted by Crippen LogP contribution is -2.33. The molecule has 102 valence electrons. The number of sulfonamides is 1. The van der Waals surface area contributed by atoms with Gasteiger partial charge in [0, 0.05) is 19.3 Å². The van der Waals surface area contributed by atoms with Crippen molar-refractivity contribution in [1.82, 2.24) is 14.3 Å². The number of aryl methyl sites for hydroxylation is 2. The van der Waals surface area contributed by atoms with E-state index in [9.17, 15) is 13.5 Å². The Morgan fingerprint density at radius 3 is 2.78 bits per heavy atom. The summed E-state index contributed by atoms with van der Waals surface area (Å²) in [6.45, 7) is 4.43. The van der Waals surface area contributed by atoms with Crippen LogP contribution in [0.4, 0.5) is 0 Å². The quantitative estimate of drug-likeness (QED) is 0.778. The van der Waals surface area contributed by atoms with Crippen molar-refractivity contribution in [2.45, 2.75) is 44.4 Å². The molecule has 18 heavy (non-hydrogen) atoms. The summed E-state index contributed by atoms with van der Waals surface area (Å²) >= 11 is 0. The second-order valence-corrected chi connectivity index (χ2v) is 6.38. The van der Waals surface area contributed by atoms with E-state index in [1.54, 1.807) is 11.5 Å². The van der Waals surface area contributed by atoms with E-state index in [2.05, 4.69) is 9.71 Å². The Morgan fingerprint density at radius 2 is 2.28 bits per heavy atom. The molecule has 6 nitrogen and oxygen atoms in total. The molecule has 0 radical (unpaired) electrons. The Balaban J connectivity index is 2.04. The molecule has 0 bridgehead atoms. The lowest BCUT2D eigenvalue weighted by molar-refractivity contribution is 0.155. The predicted octanol–water partition coefficient (Wildman–Crippen LogP) is 0.261. The van der Waals surface area contributed by atoms with E-state index in [1.807, 2.05) is 6.92 Å². The van der Waals surface area contributed by atoms with Gasteiger partial charge < -0.3 is 9.67 Å². The van der Waals surface area contributed by atoms with Gasteiger partial charge in [-0.2, -0.15) is 0 Å². The summed E-state index contributed by atoms with van der Waals surface area (Å²) in [5.41, 5.74) is 0. The first-order valence-electron chi connectivity index (χ1n) is 6.15. The van der Waals surface area contributed by atoms with Crippen molar-refractivity contribution < 1.29 is 13.5 Å². The van der Waals surface area contributed by atoms with Gasteiger partial charge in [-0.25, -0.2) is 18.1 Å². The van der Waals surface area contributed by atoms with E-state index in [-0.39, 0.29) is 17.5 Å². The summed E-state index contributed by atoms with van der Waals surface area (Å²) in [6, 6.07) is 0. The molecule has 1 aromatic rings. The summed E-state index contributed by atoms with van der Waals surface area (Å²) in [5.74, 6) is 0.920. The van der Waals surface area contributed by atoms with E-state index in [0.29, 0.717) is 12.4 Å². The molecule has 7 heteroatoms. The molecule has 1 atom stereocenters. The number of imidazole rings is 1. The van der Waals surface area contributed by atoms with Crippen LogP contribution in [-0.2, 0) is 16.6 Å². The van der Waals surface area contributed by atoms with E-state index in [1.165, 1.54) is 6.20 Å². The smallest absolute Gasteiger partial charge is 0.259 e. The van der Waals surface area contributed by atoms with Crippen LogP contribution in [0.2, 0.25) is 0 Å². The first kappa shape index (κ1) is 13.5. The third kappa shape index (κ3) is 2.90. The van der Waals surface area contributed by atoms with Gasteiger partial charge >= 0.3 is 0 Å². The monoisotopic (exact) mass is 273 g/mol. The van der Waals surface area contributed by atoms with E-state index >= 15 is 0 Å². The van der Waals surface area contributed by atoms with E-state index in [0.717, 1.165) is 12.8 Å². The maximum atomic E-state index is 12.0. The molecule has 2 N–H and O–H groups in total. The summed E-state index contributed by atoms with van der Waals surface area (Å²) in [6.07, 6.45) is 2.88. The lowest BCUT2D eigenvalue weighted by Gasteiger charge is -2.09. The minimum absolute atomic E-state index is 0.0184. The van der Waals surface area contributed by atoms with Gasteiger partial charge in [-0.15, -0.1) is 0 Å². The molecule has 1 heterocycles. The largest absolute Gasteiger partial charge is 0.391 e. The zero-order valence-electron chi connectivity index (χ0n) is 10.6. The zero-order valence-corrected chi connectivity index (χ0v) is 11.4. The number of hydrogen-bond acceptors (Lipinski definition) is 4. The van der Waals surface area contributed by atoms with E-state index < -0.39 is 16.1 Å². The van der Waals surface area contributed by atoms with Gasteiger partial charge in [0.25, 0.3) is 10.0 Å². The Morgan fingerprint density at radius 1 is 1.61 bits per heavy atom. The first-order valence-corrected chi connectivity index (χ1v) is 7.64. The van der Waals surface area contributed by atoms with Crippen molar-refractivity contribution in [1.29, 1.82) is 0 Å². The molecule has 1 aliphatic rings. The molecule has 0 aliphatic heterocycles. The minimum Gasteiger partial charge on any atom is -0.391 e. The van der Waals surface area contributed by atoms with Crippen molar-refractivity contribution in [2.24, 2.45) is 5.92 Å². The average molecular weight is 273 g/mol. The summed E-state index contributed by atoms with van der Waals surface area (Å²) in [7, 11) is -3.61. The highest BCUT2D eigenvalue weighted by molar-refractivity contribution is 7.89. The van der Waals surface area contributed by atoms with Crippen molar-refractivity contribution in [3.05, 3.63) is 12.0 Å². The third-order valence-electron chi connectivity index (χ3n) is 3.22. The maximum Gasteiger partial charge on any atom is 0.259 e. The second kappa shape index (κ2) is 4.99. The van der Waals surface area contributed by atoms with Crippen LogP contribution >= 0.6 is 0 Å². The van der Waals surface area contributed by atoms with Crippen LogP contribution in [0, 0.1) is 12.8 Å². The third-order valence-corrected chi connectivity index (χ3v) is 4.51. The van der Waals surface area contributed by atoms with Crippen LogP contribution in [0.15, 0.2) is 11.2 Å². The molecule has 1 unspecified atom stereocenters. The van der Waals surface area contributed by atoms with Crippen LogP contribution in [0.3, 0.4) is 0 Å². The number of aliphatic hydroxyl groups is 1. The fourth-order valence-corrected chi connectivity index (χ4v) is 2.90. The average Bonchev–Trinajstić information content (AvgIpc) is 3.09. The highest BCUT2D eigenvalue weighted by atomic mass is 32.2.